The lowest BCUT2D eigenvalue weighted by molar-refractivity contribution is -0.120. The molecule has 0 aliphatic heterocycles. The summed E-state index contributed by atoms with van der Waals surface area (Å²) in [6, 6.07) is 7.48. The fourth-order valence-electron chi connectivity index (χ4n) is 1.50. The largest absolute Gasteiger partial charge is 0.351 e. The summed E-state index contributed by atoms with van der Waals surface area (Å²) in [5.74, 6) is -0.0409. The van der Waals surface area contributed by atoms with E-state index in [4.69, 9.17) is 11.6 Å². The Morgan fingerprint density at radius 1 is 1.38 bits per heavy atom. The van der Waals surface area contributed by atoms with Crippen LogP contribution in [0, 0.1) is 0 Å². The molecule has 21 heavy (non-hydrogen) atoms. The summed E-state index contributed by atoms with van der Waals surface area (Å²) >= 11 is 10.5. The Bertz CT molecular complexity index is 620. The third-order valence-corrected chi connectivity index (χ3v) is 6.07. The molecular weight excluding hydrogens is 346 g/mol. The van der Waals surface area contributed by atoms with E-state index in [9.17, 15) is 4.79 Å². The van der Waals surface area contributed by atoms with Crippen LogP contribution >= 0.6 is 46.5 Å². The monoisotopic (exact) mass is 359 g/mol. The highest BCUT2D eigenvalue weighted by atomic mass is 35.5. The van der Waals surface area contributed by atoms with Gasteiger partial charge in [0.25, 0.3) is 0 Å². The molecule has 4 nitrogen and oxygen atoms in total. The highest BCUT2D eigenvalue weighted by Crippen LogP contribution is 2.30. The molecule has 1 atom stereocenters. The zero-order valence-electron chi connectivity index (χ0n) is 11.5. The second kappa shape index (κ2) is 8.03. The quantitative estimate of drug-likeness (QED) is 0.797. The fourth-order valence-corrected chi connectivity index (χ4v) is 4.31. The number of hydrogen-bond acceptors (Lipinski definition) is 6. The maximum Gasteiger partial charge on any atom is 0.233 e. The van der Waals surface area contributed by atoms with Crippen molar-refractivity contribution in [3.05, 3.63) is 34.9 Å². The minimum atomic E-state index is -0.227. The lowest BCUT2D eigenvalue weighted by Gasteiger charge is -2.11. The van der Waals surface area contributed by atoms with E-state index in [0.717, 1.165) is 14.2 Å². The lowest BCUT2D eigenvalue weighted by atomic mass is 10.2. The molecule has 0 unspecified atom stereocenters. The van der Waals surface area contributed by atoms with Crippen molar-refractivity contribution < 1.29 is 4.79 Å². The number of carbonyl (C=O) groups excluding carboxylic acids is 1. The van der Waals surface area contributed by atoms with Gasteiger partial charge in [0.1, 0.15) is 0 Å². The first-order valence-corrected chi connectivity index (χ1v) is 9.45. The molecule has 1 N–H and O–H groups in total. The second-order valence-corrected chi connectivity index (χ2v) is 8.13. The average Bonchev–Trinajstić information content (AvgIpc) is 2.93. The molecule has 2 aromatic rings. The van der Waals surface area contributed by atoms with Crippen molar-refractivity contribution in [1.82, 2.24) is 15.5 Å². The van der Waals surface area contributed by atoms with Gasteiger partial charge < -0.3 is 5.32 Å². The maximum atomic E-state index is 12.1. The van der Waals surface area contributed by atoms with Crippen molar-refractivity contribution in [2.45, 2.75) is 27.4 Å². The number of benzene rings is 1. The molecule has 0 aliphatic rings. The van der Waals surface area contributed by atoms with Gasteiger partial charge in [-0.05, 0) is 24.8 Å². The van der Waals surface area contributed by atoms with Gasteiger partial charge in [0.05, 0.1) is 5.25 Å². The Kier molecular flexibility index (Phi) is 6.35. The van der Waals surface area contributed by atoms with Crippen LogP contribution in [-0.4, -0.2) is 27.6 Å². The number of nitrogens with one attached hydrogen (secondary N) is 1. The molecule has 0 fully saturated rings. The van der Waals surface area contributed by atoms with Gasteiger partial charge in [0, 0.05) is 11.6 Å². The van der Waals surface area contributed by atoms with Crippen molar-refractivity contribution in [1.29, 1.82) is 0 Å². The fraction of sp³-hybridized carbons (Fsp3) is 0.308. The molecule has 0 radical (unpaired) electrons. The standard InChI is InChI=1S/C13H14ClN3OS3/c1-8(20-13-17-16-12(19-2)21-13)11(18)15-7-9-5-3-4-6-10(9)14/h3-6,8H,7H2,1-2H3,(H,15,18)/t8-/m1/s1. The average molecular weight is 360 g/mol. The first-order valence-electron chi connectivity index (χ1n) is 6.15. The molecule has 0 aliphatic carbocycles. The number of aromatic nitrogens is 2. The maximum absolute atomic E-state index is 12.1. The normalized spacial score (nSPS) is 12.1. The number of hydrogen-bond donors (Lipinski definition) is 1. The molecule has 0 bridgehead atoms. The SMILES string of the molecule is CSc1nnc(S[C@H](C)C(=O)NCc2ccccc2Cl)s1. The van der Waals surface area contributed by atoms with Gasteiger partial charge in [0.15, 0.2) is 8.68 Å². The molecule has 1 aromatic heterocycles. The number of rotatable bonds is 6. The lowest BCUT2D eigenvalue weighted by Crippen LogP contribution is -2.30. The van der Waals surface area contributed by atoms with E-state index in [1.54, 1.807) is 11.8 Å². The van der Waals surface area contributed by atoms with Crippen LogP contribution in [0.25, 0.3) is 0 Å². The second-order valence-electron chi connectivity index (χ2n) is 4.11. The van der Waals surface area contributed by atoms with E-state index in [1.807, 2.05) is 37.4 Å². The van der Waals surface area contributed by atoms with E-state index in [-0.39, 0.29) is 11.2 Å². The molecule has 2 rings (SSSR count). The molecule has 0 saturated heterocycles. The number of thioether (sulfide) groups is 2. The molecule has 0 saturated carbocycles. The van der Waals surface area contributed by atoms with Crippen LogP contribution in [0.4, 0.5) is 0 Å². The summed E-state index contributed by atoms with van der Waals surface area (Å²) in [6.45, 7) is 2.28. The number of carbonyl (C=O) groups is 1. The van der Waals surface area contributed by atoms with Crippen LogP contribution in [0.1, 0.15) is 12.5 Å². The summed E-state index contributed by atoms with van der Waals surface area (Å²) in [5.41, 5.74) is 0.908. The van der Waals surface area contributed by atoms with E-state index < -0.39 is 0 Å². The predicted octanol–water partition coefficient (Wildman–Crippen LogP) is 3.71. The Labute approximate surface area is 141 Å². The molecule has 8 heteroatoms. The van der Waals surface area contributed by atoms with Crippen LogP contribution in [0.15, 0.2) is 32.9 Å². The van der Waals surface area contributed by atoms with Crippen LogP contribution < -0.4 is 5.32 Å². The highest BCUT2D eigenvalue weighted by Gasteiger charge is 2.17. The van der Waals surface area contributed by atoms with E-state index in [2.05, 4.69) is 15.5 Å². The highest BCUT2D eigenvalue weighted by molar-refractivity contribution is 8.03. The summed E-state index contributed by atoms with van der Waals surface area (Å²) < 4.78 is 1.71. The molecule has 1 aromatic carbocycles. The summed E-state index contributed by atoms with van der Waals surface area (Å²) in [7, 11) is 0. The van der Waals surface area contributed by atoms with Crippen LogP contribution in [0.2, 0.25) is 5.02 Å². The summed E-state index contributed by atoms with van der Waals surface area (Å²) in [5, 5.41) is 11.4. The number of amides is 1. The van der Waals surface area contributed by atoms with Crippen LogP contribution in [-0.2, 0) is 11.3 Å². The summed E-state index contributed by atoms with van der Waals surface area (Å²) in [6.07, 6.45) is 1.95. The van der Waals surface area contributed by atoms with E-state index in [0.29, 0.717) is 11.6 Å². The van der Waals surface area contributed by atoms with E-state index in [1.165, 1.54) is 23.1 Å². The molecule has 0 spiro atoms. The summed E-state index contributed by atoms with van der Waals surface area (Å²) in [4.78, 5) is 12.1. The predicted molar refractivity (Wildman–Crippen MR) is 90.3 cm³/mol. The van der Waals surface area contributed by atoms with Gasteiger partial charge >= 0.3 is 0 Å². The third kappa shape index (κ3) is 4.88. The van der Waals surface area contributed by atoms with Gasteiger partial charge in [-0.2, -0.15) is 0 Å². The van der Waals surface area contributed by atoms with Gasteiger partial charge in [-0.25, -0.2) is 0 Å². The third-order valence-electron chi connectivity index (χ3n) is 2.62. The van der Waals surface area contributed by atoms with Crippen LogP contribution in [0.5, 0.6) is 0 Å². The Morgan fingerprint density at radius 3 is 2.76 bits per heavy atom. The van der Waals surface area contributed by atoms with Gasteiger partial charge in [0.2, 0.25) is 5.91 Å². The van der Waals surface area contributed by atoms with E-state index >= 15 is 0 Å². The minimum absolute atomic E-state index is 0.0409. The zero-order chi connectivity index (χ0) is 15.2. The van der Waals surface area contributed by atoms with Crippen molar-refractivity contribution in [2.24, 2.45) is 0 Å². The first-order chi connectivity index (χ1) is 10.1. The zero-order valence-corrected chi connectivity index (χ0v) is 14.7. The molecule has 1 heterocycles. The van der Waals surface area contributed by atoms with Gasteiger partial charge in [-0.1, -0.05) is 64.7 Å². The minimum Gasteiger partial charge on any atom is -0.351 e. The van der Waals surface area contributed by atoms with Gasteiger partial charge in [-0.3, -0.25) is 4.79 Å². The number of halogens is 1. The van der Waals surface area contributed by atoms with Crippen molar-refractivity contribution in [2.75, 3.05) is 6.26 Å². The van der Waals surface area contributed by atoms with Gasteiger partial charge in [-0.15, -0.1) is 10.2 Å². The van der Waals surface area contributed by atoms with Crippen molar-refractivity contribution in [3.63, 3.8) is 0 Å². The first kappa shape index (κ1) is 16.6. The molecule has 1 amide bonds. The topological polar surface area (TPSA) is 54.9 Å². The smallest absolute Gasteiger partial charge is 0.233 e. The number of nitrogens with zero attached hydrogens (tertiary/aromatic N) is 2. The molecular formula is C13H14ClN3OS3. The Morgan fingerprint density at radius 2 is 2.10 bits per heavy atom. The Balaban J connectivity index is 1.86. The van der Waals surface area contributed by atoms with Crippen molar-refractivity contribution in [3.8, 4) is 0 Å². The van der Waals surface area contributed by atoms with Crippen LogP contribution in [0.3, 0.4) is 0 Å². The van der Waals surface area contributed by atoms with Crippen molar-refractivity contribution >= 4 is 52.4 Å². The molecule has 112 valence electrons. The Hall–Kier alpha value is -0.760.